The maximum atomic E-state index is 5.82. The molecule has 0 spiro atoms. The van der Waals surface area contributed by atoms with Crippen molar-refractivity contribution in [2.24, 2.45) is 0 Å². The predicted octanol–water partition coefficient (Wildman–Crippen LogP) is 3.72. The van der Waals surface area contributed by atoms with Crippen molar-refractivity contribution < 1.29 is 0 Å². The summed E-state index contributed by atoms with van der Waals surface area (Å²) in [5.41, 5.74) is 13.6. The van der Waals surface area contributed by atoms with Crippen molar-refractivity contribution in [3.63, 3.8) is 0 Å². The van der Waals surface area contributed by atoms with Crippen LogP contribution in [0.5, 0.6) is 0 Å². The third-order valence-corrected chi connectivity index (χ3v) is 4.69. The Balaban J connectivity index is 1.71. The number of H-pyrrole nitrogens is 1. The lowest BCUT2D eigenvalue weighted by Crippen LogP contribution is -2.06. The molecule has 0 aliphatic carbocycles. The first kappa shape index (κ1) is 16.9. The summed E-state index contributed by atoms with van der Waals surface area (Å²) in [7, 11) is 0. The van der Waals surface area contributed by atoms with Gasteiger partial charge in [0.1, 0.15) is 0 Å². The summed E-state index contributed by atoms with van der Waals surface area (Å²) in [6, 6.07) is 18.2. The van der Waals surface area contributed by atoms with Crippen LogP contribution in [-0.2, 0) is 6.42 Å². The maximum Gasteiger partial charge on any atom is 0.240 e. The lowest BCUT2D eigenvalue weighted by molar-refractivity contribution is 0.885. The molecule has 0 aliphatic rings. The fourth-order valence-corrected chi connectivity index (χ4v) is 3.09. The molecular formula is C21H20N6. The largest absolute Gasteiger partial charge is 0.366 e. The average molecular weight is 356 g/mol. The number of rotatable bonds is 4. The van der Waals surface area contributed by atoms with Crippen LogP contribution in [0.2, 0.25) is 0 Å². The summed E-state index contributed by atoms with van der Waals surface area (Å²) in [4.78, 5) is 4.48. The molecule has 0 unspecified atom stereocenters. The first-order chi connectivity index (χ1) is 13.1. The minimum absolute atomic E-state index is 0.171. The highest BCUT2D eigenvalue weighted by Crippen LogP contribution is 2.28. The highest BCUT2D eigenvalue weighted by molar-refractivity contribution is 5.68. The van der Waals surface area contributed by atoms with Crippen LogP contribution in [0.4, 0.5) is 5.95 Å². The molecule has 2 aromatic carbocycles. The highest BCUT2D eigenvalue weighted by Gasteiger charge is 2.15. The standard InChI is InChI=1S/C21H20N6/c1-13-7-6-10-17(14(13)2)20-19(26-27-21(22)23-20)12-16-11-18(25-24-16)15-8-4-3-5-9-15/h3-11H,12H2,1-2H3,(H,24,25)(H2,22,23,27). The number of nitrogens with one attached hydrogen (secondary N) is 1. The minimum Gasteiger partial charge on any atom is -0.366 e. The molecule has 0 bridgehead atoms. The molecular weight excluding hydrogens is 336 g/mol. The van der Waals surface area contributed by atoms with Gasteiger partial charge in [0.25, 0.3) is 0 Å². The molecule has 4 aromatic rings. The molecule has 0 saturated heterocycles. The van der Waals surface area contributed by atoms with Crippen molar-refractivity contribution in [1.82, 2.24) is 25.4 Å². The van der Waals surface area contributed by atoms with Gasteiger partial charge in [-0.2, -0.15) is 5.10 Å². The zero-order chi connectivity index (χ0) is 18.8. The Hall–Kier alpha value is -3.54. The molecule has 0 fully saturated rings. The Morgan fingerprint density at radius 2 is 1.78 bits per heavy atom. The molecule has 4 rings (SSSR count). The van der Waals surface area contributed by atoms with Gasteiger partial charge in [0, 0.05) is 23.2 Å². The van der Waals surface area contributed by atoms with Crippen molar-refractivity contribution in [3.05, 3.63) is 77.1 Å². The zero-order valence-electron chi connectivity index (χ0n) is 15.3. The number of aromatic nitrogens is 5. The van der Waals surface area contributed by atoms with Crippen molar-refractivity contribution in [2.45, 2.75) is 20.3 Å². The third kappa shape index (κ3) is 3.42. The van der Waals surface area contributed by atoms with Crippen LogP contribution in [0.15, 0.2) is 54.6 Å². The monoisotopic (exact) mass is 356 g/mol. The van der Waals surface area contributed by atoms with Crippen molar-refractivity contribution in [2.75, 3.05) is 5.73 Å². The van der Waals surface area contributed by atoms with E-state index >= 15 is 0 Å². The number of anilines is 1. The second-order valence-corrected chi connectivity index (χ2v) is 6.53. The van der Waals surface area contributed by atoms with Gasteiger partial charge in [0.15, 0.2) is 0 Å². The van der Waals surface area contributed by atoms with E-state index < -0.39 is 0 Å². The summed E-state index contributed by atoms with van der Waals surface area (Å²) >= 11 is 0. The topological polar surface area (TPSA) is 93.4 Å². The summed E-state index contributed by atoms with van der Waals surface area (Å²) in [6.45, 7) is 4.16. The van der Waals surface area contributed by atoms with Crippen molar-refractivity contribution >= 4 is 5.95 Å². The maximum absolute atomic E-state index is 5.82. The fraction of sp³-hybridized carbons (Fsp3) is 0.143. The number of nitrogens with two attached hydrogens (primary N) is 1. The summed E-state index contributed by atoms with van der Waals surface area (Å²) in [5.74, 6) is 0.171. The van der Waals surface area contributed by atoms with E-state index in [1.54, 1.807) is 0 Å². The van der Waals surface area contributed by atoms with Crippen molar-refractivity contribution in [3.8, 4) is 22.5 Å². The molecule has 2 heterocycles. The van der Waals surface area contributed by atoms with Crippen LogP contribution in [-0.4, -0.2) is 25.4 Å². The SMILES string of the molecule is Cc1cccc(-c2nc(N)nnc2Cc2cc(-c3ccccc3)n[nH]2)c1C. The highest BCUT2D eigenvalue weighted by atomic mass is 15.2. The lowest BCUT2D eigenvalue weighted by Gasteiger charge is -2.11. The Bertz CT molecular complexity index is 1090. The van der Waals surface area contributed by atoms with Crippen molar-refractivity contribution in [1.29, 1.82) is 0 Å². The molecule has 134 valence electrons. The molecule has 0 radical (unpaired) electrons. The van der Waals surface area contributed by atoms with Crippen LogP contribution >= 0.6 is 0 Å². The number of aryl methyl sites for hydroxylation is 1. The van der Waals surface area contributed by atoms with Gasteiger partial charge in [0.05, 0.1) is 17.1 Å². The van der Waals surface area contributed by atoms with Gasteiger partial charge >= 0.3 is 0 Å². The van der Waals surface area contributed by atoms with E-state index in [0.29, 0.717) is 6.42 Å². The Labute approximate surface area is 157 Å². The van der Waals surface area contributed by atoms with Crippen LogP contribution in [0.3, 0.4) is 0 Å². The number of nitrogens with zero attached hydrogens (tertiary/aromatic N) is 4. The fourth-order valence-electron chi connectivity index (χ4n) is 3.09. The molecule has 0 amide bonds. The summed E-state index contributed by atoms with van der Waals surface area (Å²) in [6.07, 6.45) is 0.544. The van der Waals surface area contributed by atoms with Gasteiger partial charge in [-0.05, 0) is 31.0 Å². The van der Waals surface area contributed by atoms with Gasteiger partial charge in [-0.15, -0.1) is 10.2 Å². The Morgan fingerprint density at radius 1 is 0.963 bits per heavy atom. The normalized spacial score (nSPS) is 10.9. The first-order valence-electron chi connectivity index (χ1n) is 8.77. The van der Waals surface area contributed by atoms with E-state index in [4.69, 9.17) is 5.73 Å². The van der Waals surface area contributed by atoms with Gasteiger partial charge in [-0.25, -0.2) is 4.98 Å². The molecule has 27 heavy (non-hydrogen) atoms. The number of hydrogen-bond donors (Lipinski definition) is 2. The predicted molar refractivity (Wildman–Crippen MR) is 106 cm³/mol. The molecule has 2 aromatic heterocycles. The van der Waals surface area contributed by atoms with Crippen LogP contribution < -0.4 is 5.73 Å². The molecule has 3 N–H and O–H groups in total. The van der Waals surface area contributed by atoms with E-state index in [0.717, 1.165) is 39.5 Å². The van der Waals surface area contributed by atoms with Crippen LogP contribution in [0.1, 0.15) is 22.5 Å². The molecule has 0 saturated carbocycles. The average Bonchev–Trinajstić information content (AvgIpc) is 3.15. The second-order valence-electron chi connectivity index (χ2n) is 6.53. The first-order valence-corrected chi connectivity index (χ1v) is 8.77. The number of nitrogen functional groups attached to an aromatic ring is 1. The molecule has 0 aliphatic heterocycles. The van der Waals surface area contributed by atoms with Crippen LogP contribution in [0.25, 0.3) is 22.5 Å². The van der Waals surface area contributed by atoms with Crippen LogP contribution in [0, 0.1) is 13.8 Å². The van der Waals surface area contributed by atoms with Gasteiger partial charge < -0.3 is 5.73 Å². The molecule has 6 heteroatoms. The minimum atomic E-state index is 0.171. The zero-order valence-corrected chi connectivity index (χ0v) is 15.3. The van der Waals surface area contributed by atoms with Gasteiger partial charge in [0.2, 0.25) is 5.95 Å². The Kier molecular flexibility index (Phi) is 4.38. The van der Waals surface area contributed by atoms with E-state index in [2.05, 4.69) is 45.3 Å². The summed E-state index contributed by atoms with van der Waals surface area (Å²) in [5, 5.41) is 15.8. The van der Waals surface area contributed by atoms with Gasteiger partial charge in [-0.3, -0.25) is 5.10 Å². The quantitative estimate of drug-likeness (QED) is 0.581. The Morgan fingerprint density at radius 3 is 2.59 bits per heavy atom. The number of benzene rings is 2. The number of hydrogen-bond acceptors (Lipinski definition) is 5. The summed E-state index contributed by atoms with van der Waals surface area (Å²) < 4.78 is 0. The molecule has 6 nitrogen and oxygen atoms in total. The number of aromatic amines is 1. The third-order valence-electron chi connectivity index (χ3n) is 4.69. The molecule has 0 atom stereocenters. The second kappa shape index (κ2) is 6.99. The van der Waals surface area contributed by atoms with Gasteiger partial charge in [-0.1, -0.05) is 48.5 Å². The lowest BCUT2D eigenvalue weighted by atomic mass is 9.98. The smallest absolute Gasteiger partial charge is 0.240 e. The van der Waals surface area contributed by atoms with E-state index in [-0.39, 0.29) is 5.95 Å². The van der Waals surface area contributed by atoms with E-state index in [1.165, 1.54) is 5.56 Å². The van der Waals surface area contributed by atoms with E-state index in [1.807, 2.05) is 48.5 Å². The van der Waals surface area contributed by atoms with E-state index in [9.17, 15) is 0 Å².